The first-order valence-corrected chi connectivity index (χ1v) is 12.4. The maximum absolute atomic E-state index is 14.1. The molecule has 1 atom stereocenters. The molecule has 2 aliphatic rings. The fraction of sp³-hybridized carbons (Fsp3) is 0.231. The fourth-order valence-electron chi connectivity index (χ4n) is 4.79. The van der Waals surface area contributed by atoms with E-state index in [2.05, 4.69) is 0 Å². The summed E-state index contributed by atoms with van der Waals surface area (Å²) in [5, 5.41) is 0. The second-order valence-corrected chi connectivity index (χ2v) is 10.9. The monoisotopic (exact) mass is 460 g/mol. The van der Waals surface area contributed by atoms with Crippen molar-refractivity contribution in [3.05, 3.63) is 94.5 Å². The molecular formula is C26H24N2O4S. The lowest BCUT2D eigenvalue weighted by Crippen LogP contribution is -2.54. The quantitative estimate of drug-likeness (QED) is 0.596. The van der Waals surface area contributed by atoms with E-state index in [4.69, 9.17) is 0 Å². The number of carbonyl (C=O) groups is 2. The minimum atomic E-state index is -4.17. The topological polar surface area (TPSA) is 74.8 Å². The van der Waals surface area contributed by atoms with Gasteiger partial charge in [0.05, 0.1) is 12.2 Å². The van der Waals surface area contributed by atoms with E-state index in [9.17, 15) is 18.0 Å². The van der Waals surface area contributed by atoms with E-state index in [1.165, 1.54) is 9.80 Å². The van der Waals surface area contributed by atoms with Crippen LogP contribution in [0.2, 0.25) is 0 Å². The van der Waals surface area contributed by atoms with Crippen LogP contribution in [0.1, 0.15) is 27.8 Å². The summed E-state index contributed by atoms with van der Waals surface area (Å²) in [6.07, 6.45) is 0. The number of sulfone groups is 1. The molecule has 2 heterocycles. The first kappa shape index (κ1) is 21.4. The minimum absolute atomic E-state index is 0.211. The molecule has 1 fully saturated rings. The Hall–Kier alpha value is -3.45. The minimum Gasteiger partial charge on any atom is -0.304 e. The fourth-order valence-corrected chi connectivity index (χ4v) is 6.82. The zero-order chi connectivity index (χ0) is 23.5. The Balaban J connectivity index is 1.73. The van der Waals surface area contributed by atoms with Gasteiger partial charge in [-0.25, -0.2) is 8.42 Å². The van der Waals surface area contributed by atoms with Crippen molar-refractivity contribution in [3.8, 4) is 0 Å². The van der Waals surface area contributed by atoms with Gasteiger partial charge in [0.1, 0.15) is 5.75 Å². The lowest BCUT2D eigenvalue weighted by atomic mass is 10.0. The molecule has 33 heavy (non-hydrogen) atoms. The SMILES string of the molecule is Cc1ccc(CN2C(=O)[C@]3(c4ccccc42)N(c2ccc(C)c(C)c2)C(=O)CS3(=O)=O)cc1. The number of rotatable bonds is 3. The van der Waals surface area contributed by atoms with Crippen LogP contribution in [0.25, 0.3) is 0 Å². The van der Waals surface area contributed by atoms with Crippen molar-refractivity contribution in [2.75, 3.05) is 15.6 Å². The molecule has 0 saturated carbocycles. The Morgan fingerprint density at radius 3 is 2.27 bits per heavy atom. The van der Waals surface area contributed by atoms with E-state index in [1.807, 2.05) is 51.1 Å². The first-order chi connectivity index (χ1) is 15.7. The van der Waals surface area contributed by atoms with Gasteiger partial charge < -0.3 is 4.90 Å². The van der Waals surface area contributed by atoms with Crippen LogP contribution in [0, 0.1) is 20.8 Å². The van der Waals surface area contributed by atoms with Gasteiger partial charge in [0.2, 0.25) is 5.91 Å². The highest BCUT2D eigenvalue weighted by molar-refractivity contribution is 7.94. The Kier molecular flexibility index (Phi) is 4.72. The van der Waals surface area contributed by atoms with Gasteiger partial charge in [-0.05, 0) is 55.7 Å². The third-order valence-corrected chi connectivity index (χ3v) is 8.74. The molecule has 3 aromatic carbocycles. The molecule has 1 saturated heterocycles. The Labute approximate surface area is 193 Å². The van der Waals surface area contributed by atoms with Crippen molar-refractivity contribution in [3.63, 3.8) is 0 Å². The van der Waals surface area contributed by atoms with Crippen LogP contribution >= 0.6 is 0 Å². The molecule has 0 radical (unpaired) electrons. The summed E-state index contributed by atoms with van der Waals surface area (Å²) in [5.74, 6) is -1.93. The van der Waals surface area contributed by atoms with Crippen LogP contribution in [0.4, 0.5) is 11.4 Å². The zero-order valence-corrected chi connectivity index (χ0v) is 19.5. The number of amides is 2. The van der Waals surface area contributed by atoms with Crippen molar-refractivity contribution in [2.24, 2.45) is 0 Å². The van der Waals surface area contributed by atoms with E-state index in [0.29, 0.717) is 16.9 Å². The van der Waals surface area contributed by atoms with Crippen molar-refractivity contribution >= 4 is 33.0 Å². The molecule has 6 nitrogen and oxygen atoms in total. The molecular weight excluding hydrogens is 436 g/mol. The highest BCUT2D eigenvalue weighted by Gasteiger charge is 2.69. The first-order valence-electron chi connectivity index (χ1n) is 10.8. The van der Waals surface area contributed by atoms with Gasteiger partial charge in [-0.3, -0.25) is 14.5 Å². The normalized spacial score (nSPS) is 21.2. The van der Waals surface area contributed by atoms with Gasteiger partial charge in [-0.2, -0.15) is 0 Å². The second-order valence-electron chi connectivity index (χ2n) is 8.79. The highest BCUT2D eigenvalue weighted by Crippen LogP contribution is 2.52. The third kappa shape index (κ3) is 2.95. The predicted molar refractivity (Wildman–Crippen MR) is 128 cm³/mol. The van der Waals surface area contributed by atoms with E-state index in [-0.39, 0.29) is 6.54 Å². The van der Waals surface area contributed by atoms with Gasteiger partial charge in [-0.1, -0.05) is 54.1 Å². The summed E-state index contributed by atoms with van der Waals surface area (Å²) < 4.78 is 27.3. The molecule has 0 aliphatic carbocycles. The largest absolute Gasteiger partial charge is 0.304 e. The standard InChI is InChI=1S/C26H24N2O4S/c1-17-8-11-20(12-9-17)15-27-23-7-5-4-6-22(23)26(25(27)30)28(24(29)16-33(26,31)32)21-13-10-18(2)19(3)14-21/h4-14H,15-16H2,1-3H3/t26-/m1/s1. The number of anilines is 2. The molecule has 168 valence electrons. The van der Waals surface area contributed by atoms with Crippen molar-refractivity contribution < 1.29 is 18.0 Å². The van der Waals surface area contributed by atoms with Crippen LogP contribution in [0.5, 0.6) is 0 Å². The summed E-state index contributed by atoms with van der Waals surface area (Å²) in [7, 11) is -4.17. The van der Waals surface area contributed by atoms with Crippen molar-refractivity contribution in [2.45, 2.75) is 32.2 Å². The molecule has 0 aromatic heterocycles. The van der Waals surface area contributed by atoms with Gasteiger partial charge in [0.15, 0.2) is 9.84 Å². The number of para-hydroxylation sites is 1. The van der Waals surface area contributed by atoms with Crippen molar-refractivity contribution in [1.29, 1.82) is 0 Å². The molecule has 3 aromatic rings. The summed E-state index contributed by atoms with van der Waals surface area (Å²) in [6, 6.07) is 19.9. The number of aryl methyl sites for hydroxylation is 3. The van der Waals surface area contributed by atoms with Gasteiger partial charge in [0.25, 0.3) is 10.8 Å². The summed E-state index contributed by atoms with van der Waals surface area (Å²) in [5.41, 5.74) is 5.14. The van der Waals surface area contributed by atoms with Crippen LogP contribution < -0.4 is 9.80 Å². The third-order valence-electron chi connectivity index (χ3n) is 6.63. The lowest BCUT2D eigenvalue weighted by Gasteiger charge is -2.33. The lowest BCUT2D eigenvalue weighted by molar-refractivity contribution is -0.123. The number of carbonyl (C=O) groups excluding carboxylic acids is 2. The smallest absolute Gasteiger partial charge is 0.274 e. The highest BCUT2D eigenvalue weighted by atomic mass is 32.2. The van der Waals surface area contributed by atoms with E-state index in [1.54, 1.807) is 36.4 Å². The van der Waals surface area contributed by atoms with Crippen molar-refractivity contribution in [1.82, 2.24) is 0 Å². The Bertz CT molecular complexity index is 1410. The van der Waals surface area contributed by atoms with Crippen LogP contribution in [-0.2, 0) is 30.8 Å². The molecule has 0 bridgehead atoms. The van der Waals surface area contributed by atoms with Gasteiger partial charge in [0, 0.05) is 11.3 Å². The number of fused-ring (bicyclic) bond motifs is 2. The molecule has 2 aliphatic heterocycles. The average Bonchev–Trinajstić information content (AvgIpc) is 3.14. The second kappa shape index (κ2) is 7.28. The number of hydrogen-bond donors (Lipinski definition) is 0. The molecule has 0 N–H and O–H groups in total. The van der Waals surface area contributed by atoms with Gasteiger partial charge >= 0.3 is 0 Å². The summed E-state index contributed by atoms with van der Waals surface area (Å²) >= 11 is 0. The Morgan fingerprint density at radius 2 is 1.58 bits per heavy atom. The number of benzene rings is 3. The van der Waals surface area contributed by atoms with Crippen LogP contribution in [-0.4, -0.2) is 26.0 Å². The summed E-state index contributed by atoms with van der Waals surface area (Å²) in [4.78, 5) is 27.9. The molecule has 7 heteroatoms. The molecule has 0 unspecified atom stereocenters. The Morgan fingerprint density at radius 1 is 0.879 bits per heavy atom. The molecule has 2 amide bonds. The summed E-state index contributed by atoms with van der Waals surface area (Å²) in [6.45, 7) is 6.03. The van der Waals surface area contributed by atoms with E-state index < -0.39 is 32.3 Å². The number of hydrogen-bond acceptors (Lipinski definition) is 4. The molecule has 5 rings (SSSR count). The van der Waals surface area contributed by atoms with E-state index in [0.717, 1.165) is 22.3 Å². The maximum Gasteiger partial charge on any atom is 0.274 e. The van der Waals surface area contributed by atoms with Gasteiger partial charge in [-0.15, -0.1) is 0 Å². The number of nitrogens with zero attached hydrogens (tertiary/aromatic N) is 2. The zero-order valence-electron chi connectivity index (χ0n) is 18.7. The maximum atomic E-state index is 14.1. The molecule has 1 spiro atoms. The average molecular weight is 461 g/mol. The van der Waals surface area contributed by atoms with Crippen LogP contribution in [0.3, 0.4) is 0 Å². The van der Waals surface area contributed by atoms with Crippen LogP contribution in [0.15, 0.2) is 66.7 Å². The van der Waals surface area contributed by atoms with E-state index >= 15 is 0 Å². The predicted octanol–water partition coefficient (Wildman–Crippen LogP) is 3.77.